The van der Waals surface area contributed by atoms with Crippen LogP contribution in [0.1, 0.15) is 10.4 Å². The zero-order valence-electron chi connectivity index (χ0n) is 7.49. The van der Waals surface area contributed by atoms with Gasteiger partial charge in [-0.25, -0.2) is 4.79 Å². The lowest BCUT2D eigenvalue weighted by atomic mass is 10.2. The summed E-state index contributed by atoms with van der Waals surface area (Å²) < 4.78 is 14.4. The first kappa shape index (κ1) is 8.74. The number of fused-ring (bicyclic) bond motifs is 1. The van der Waals surface area contributed by atoms with E-state index in [0.717, 1.165) is 0 Å². The average molecular weight is 193 g/mol. The lowest BCUT2D eigenvalue weighted by Gasteiger charge is -1.98. The minimum absolute atomic E-state index is 0.165. The highest BCUT2D eigenvalue weighted by Crippen LogP contribution is 2.19. The van der Waals surface area contributed by atoms with Crippen LogP contribution >= 0.6 is 0 Å². The van der Waals surface area contributed by atoms with Crippen LogP contribution in [0, 0.1) is 5.95 Å². The molecule has 14 heavy (non-hydrogen) atoms. The number of carboxylic acid groups (broad SMARTS) is 1. The summed E-state index contributed by atoms with van der Waals surface area (Å²) in [6.07, 6.45) is 0. The molecule has 0 aliphatic rings. The van der Waals surface area contributed by atoms with Gasteiger partial charge >= 0.3 is 5.97 Å². The first-order valence-corrected chi connectivity index (χ1v) is 4.08. The summed E-state index contributed by atoms with van der Waals surface area (Å²) in [5.74, 6) is -1.38. The van der Waals surface area contributed by atoms with Crippen molar-refractivity contribution in [2.24, 2.45) is 7.05 Å². The van der Waals surface area contributed by atoms with Crippen LogP contribution in [0.3, 0.4) is 0 Å². The fourth-order valence-corrected chi connectivity index (χ4v) is 1.43. The third-order valence-corrected chi connectivity index (χ3v) is 2.23. The summed E-state index contributed by atoms with van der Waals surface area (Å²) in [4.78, 5) is 10.7. The molecule has 1 aromatic heterocycles. The van der Waals surface area contributed by atoms with E-state index in [9.17, 15) is 9.18 Å². The number of carboxylic acids is 1. The Hall–Kier alpha value is -1.84. The zero-order chi connectivity index (χ0) is 10.3. The average Bonchev–Trinajstić information content (AvgIpc) is 2.43. The molecule has 1 heterocycles. The predicted molar refractivity (Wildman–Crippen MR) is 49.8 cm³/mol. The number of aromatic carboxylic acids is 1. The third-order valence-electron chi connectivity index (χ3n) is 2.23. The molecule has 1 N–H and O–H groups in total. The minimum Gasteiger partial charge on any atom is -0.478 e. The van der Waals surface area contributed by atoms with Crippen molar-refractivity contribution in [3.05, 3.63) is 35.8 Å². The Morgan fingerprint density at radius 3 is 2.79 bits per heavy atom. The number of nitrogens with zero attached hydrogens (tertiary/aromatic N) is 1. The molecule has 0 radical (unpaired) electrons. The molecule has 1 aromatic carbocycles. The van der Waals surface area contributed by atoms with Gasteiger partial charge in [-0.3, -0.25) is 0 Å². The Kier molecular flexibility index (Phi) is 1.77. The first-order chi connectivity index (χ1) is 6.59. The van der Waals surface area contributed by atoms with Crippen LogP contribution in [0.15, 0.2) is 24.3 Å². The zero-order valence-corrected chi connectivity index (χ0v) is 7.49. The van der Waals surface area contributed by atoms with E-state index in [1.807, 2.05) is 0 Å². The van der Waals surface area contributed by atoms with Crippen molar-refractivity contribution in [1.29, 1.82) is 0 Å². The molecule has 0 aliphatic carbocycles. The van der Waals surface area contributed by atoms with Crippen molar-refractivity contribution in [3.8, 4) is 0 Å². The number of aromatic nitrogens is 1. The maximum Gasteiger partial charge on any atom is 0.335 e. The first-order valence-electron chi connectivity index (χ1n) is 4.08. The third kappa shape index (κ3) is 1.16. The van der Waals surface area contributed by atoms with Crippen LogP contribution < -0.4 is 0 Å². The highest BCUT2D eigenvalue weighted by atomic mass is 19.1. The van der Waals surface area contributed by atoms with Gasteiger partial charge in [0, 0.05) is 18.5 Å². The molecular weight excluding hydrogens is 185 g/mol. The number of halogens is 1. The van der Waals surface area contributed by atoms with E-state index < -0.39 is 5.97 Å². The standard InChI is InChI=1S/C10H8FNO2/c1-12-8-4-7(10(13)14)3-2-6(8)5-9(12)11/h2-5H,1H3,(H,13,14). The Morgan fingerprint density at radius 2 is 2.14 bits per heavy atom. The molecule has 0 saturated heterocycles. The molecule has 3 nitrogen and oxygen atoms in total. The van der Waals surface area contributed by atoms with Crippen molar-refractivity contribution in [1.82, 2.24) is 4.57 Å². The molecule has 72 valence electrons. The SMILES string of the molecule is Cn1c(F)cc2ccc(C(=O)O)cc21. The van der Waals surface area contributed by atoms with Gasteiger partial charge in [0.05, 0.1) is 11.1 Å². The number of rotatable bonds is 1. The molecule has 0 fully saturated rings. The van der Waals surface area contributed by atoms with Gasteiger partial charge in [-0.2, -0.15) is 4.39 Å². The van der Waals surface area contributed by atoms with E-state index in [4.69, 9.17) is 5.11 Å². The molecular formula is C10H8FNO2. The van der Waals surface area contributed by atoms with Crippen LogP contribution in [0.5, 0.6) is 0 Å². The van der Waals surface area contributed by atoms with E-state index in [-0.39, 0.29) is 11.5 Å². The lowest BCUT2D eigenvalue weighted by Crippen LogP contribution is -1.97. The van der Waals surface area contributed by atoms with Crippen LogP contribution in [0.25, 0.3) is 10.9 Å². The minimum atomic E-state index is -1.01. The van der Waals surface area contributed by atoms with Gasteiger partial charge in [-0.15, -0.1) is 0 Å². The van der Waals surface area contributed by atoms with Crippen LogP contribution in [-0.2, 0) is 7.05 Å². The van der Waals surface area contributed by atoms with Gasteiger partial charge in [-0.1, -0.05) is 6.07 Å². The topological polar surface area (TPSA) is 42.2 Å². The highest BCUT2D eigenvalue weighted by molar-refractivity contribution is 5.93. The van der Waals surface area contributed by atoms with Crippen molar-refractivity contribution < 1.29 is 14.3 Å². The fourth-order valence-electron chi connectivity index (χ4n) is 1.43. The molecule has 0 aliphatic heterocycles. The molecule has 0 unspecified atom stereocenters. The fraction of sp³-hybridized carbons (Fsp3) is 0.100. The van der Waals surface area contributed by atoms with Gasteiger partial charge in [0.15, 0.2) is 5.95 Å². The quantitative estimate of drug-likeness (QED) is 0.752. The summed E-state index contributed by atoms with van der Waals surface area (Å²) in [7, 11) is 1.56. The van der Waals surface area contributed by atoms with E-state index in [2.05, 4.69) is 0 Å². The lowest BCUT2D eigenvalue weighted by molar-refractivity contribution is 0.0697. The molecule has 0 bridgehead atoms. The summed E-state index contributed by atoms with van der Waals surface area (Å²) in [6, 6.07) is 5.90. The van der Waals surface area contributed by atoms with E-state index >= 15 is 0 Å². The summed E-state index contributed by atoms with van der Waals surface area (Å²) in [5.41, 5.74) is 0.751. The monoisotopic (exact) mass is 193 g/mol. The second-order valence-electron chi connectivity index (χ2n) is 3.10. The van der Waals surface area contributed by atoms with E-state index in [0.29, 0.717) is 10.9 Å². The smallest absolute Gasteiger partial charge is 0.335 e. The Bertz CT molecular complexity index is 516. The Balaban J connectivity index is 2.76. The number of benzene rings is 1. The molecule has 0 atom stereocenters. The second kappa shape index (κ2) is 2.83. The summed E-state index contributed by atoms with van der Waals surface area (Å²) in [6.45, 7) is 0. The van der Waals surface area contributed by atoms with Gasteiger partial charge in [0.25, 0.3) is 0 Å². The number of hydrogen-bond donors (Lipinski definition) is 1. The van der Waals surface area contributed by atoms with Crippen molar-refractivity contribution in [3.63, 3.8) is 0 Å². The van der Waals surface area contributed by atoms with Crippen molar-refractivity contribution in [2.45, 2.75) is 0 Å². The van der Waals surface area contributed by atoms with Crippen LogP contribution in [0.4, 0.5) is 4.39 Å². The number of hydrogen-bond acceptors (Lipinski definition) is 1. The predicted octanol–water partition coefficient (Wildman–Crippen LogP) is 2.02. The normalized spacial score (nSPS) is 10.7. The molecule has 2 rings (SSSR count). The summed E-state index contributed by atoms with van der Waals surface area (Å²) in [5, 5.41) is 9.44. The maximum absolute atomic E-state index is 13.1. The van der Waals surface area contributed by atoms with Crippen molar-refractivity contribution >= 4 is 16.9 Å². The molecule has 0 saturated carbocycles. The molecule has 2 aromatic rings. The number of carbonyl (C=O) groups is 1. The largest absolute Gasteiger partial charge is 0.478 e. The van der Waals surface area contributed by atoms with E-state index in [1.54, 1.807) is 13.1 Å². The van der Waals surface area contributed by atoms with Gasteiger partial charge < -0.3 is 9.67 Å². The molecule has 0 amide bonds. The molecule has 4 heteroatoms. The maximum atomic E-state index is 13.1. The van der Waals surface area contributed by atoms with Crippen LogP contribution in [-0.4, -0.2) is 15.6 Å². The summed E-state index contributed by atoms with van der Waals surface area (Å²) >= 11 is 0. The van der Waals surface area contributed by atoms with Gasteiger partial charge in [0.2, 0.25) is 0 Å². The highest BCUT2D eigenvalue weighted by Gasteiger charge is 2.08. The number of aryl methyl sites for hydroxylation is 1. The Morgan fingerprint density at radius 1 is 1.43 bits per heavy atom. The van der Waals surface area contributed by atoms with Crippen LogP contribution in [0.2, 0.25) is 0 Å². The second-order valence-corrected chi connectivity index (χ2v) is 3.10. The van der Waals surface area contributed by atoms with Gasteiger partial charge in [0.1, 0.15) is 0 Å². The Labute approximate surface area is 79.4 Å². The molecule has 0 spiro atoms. The van der Waals surface area contributed by atoms with Gasteiger partial charge in [-0.05, 0) is 12.1 Å². The van der Waals surface area contributed by atoms with Crippen molar-refractivity contribution in [2.75, 3.05) is 0 Å². The van der Waals surface area contributed by atoms with E-state index in [1.165, 1.54) is 22.8 Å².